The molecule has 0 bridgehead atoms. The van der Waals surface area contributed by atoms with Gasteiger partial charge in [0.15, 0.2) is 16.4 Å². The number of thiazole rings is 1. The van der Waals surface area contributed by atoms with Crippen molar-refractivity contribution in [2.75, 3.05) is 13.7 Å². The number of amidine groups is 1. The van der Waals surface area contributed by atoms with E-state index in [0.29, 0.717) is 20.9 Å². The van der Waals surface area contributed by atoms with Crippen LogP contribution < -0.4 is 5.32 Å². The number of amides is 1. The van der Waals surface area contributed by atoms with Crippen LogP contribution in [0.2, 0.25) is 5.02 Å². The van der Waals surface area contributed by atoms with Crippen molar-refractivity contribution in [1.82, 2.24) is 25.0 Å². The lowest BCUT2D eigenvalue weighted by Gasteiger charge is -2.32. The summed E-state index contributed by atoms with van der Waals surface area (Å²) in [7, 11) is 1.10. The summed E-state index contributed by atoms with van der Waals surface area (Å²) in [4.78, 5) is 35.4. The molecule has 1 fully saturated rings. The molecule has 0 spiro atoms. The first-order valence-corrected chi connectivity index (χ1v) is 12.3. The Hall–Kier alpha value is -3.91. The summed E-state index contributed by atoms with van der Waals surface area (Å²) in [5.41, 5.74) is -0.832. The normalized spacial score (nSPS) is 20.9. The topological polar surface area (TPSA) is 122 Å². The molecule has 0 saturated carbocycles. The average molecular weight is 567 g/mol. The Morgan fingerprint density at radius 2 is 2.13 bits per heavy atom. The minimum Gasteiger partial charge on any atom is -0.479 e. The fourth-order valence-corrected chi connectivity index (χ4v) is 5.43. The number of aliphatic carboxylic acids is 1. The summed E-state index contributed by atoms with van der Waals surface area (Å²) >= 11 is 7.65. The van der Waals surface area contributed by atoms with Crippen molar-refractivity contribution in [2.24, 2.45) is 4.99 Å². The van der Waals surface area contributed by atoms with E-state index in [-0.39, 0.29) is 35.1 Å². The molecule has 10 nitrogen and oxygen atoms in total. The minimum atomic E-state index is -2.93. The van der Waals surface area contributed by atoms with Crippen LogP contribution in [0, 0.1) is 5.82 Å². The van der Waals surface area contributed by atoms with Gasteiger partial charge in [-0.2, -0.15) is 13.9 Å². The van der Waals surface area contributed by atoms with Gasteiger partial charge in [0.2, 0.25) is 0 Å². The molecule has 1 amide bonds. The first kappa shape index (κ1) is 25.7. The van der Waals surface area contributed by atoms with Crippen molar-refractivity contribution in [1.29, 1.82) is 0 Å². The molecular weight excluding hydrogens is 549 g/mol. The number of halogens is 4. The number of carboxylic acid groups (broad SMARTS) is 1. The second-order valence-corrected chi connectivity index (χ2v) is 9.75. The third-order valence-corrected chi connectivity index (χ3v) is 7.31. The number of alkyl carbamates (subject to hydrolysis) is 1. The molecule has 1 saturated heterocycles. The number of aliphatic imine (C=N–C) groups is 1. The number of ether oxygens (including phenoxy) is 1. The largest absolute Gasteiger partial charge is 0.479 e. The Bertz CT molecular complexity index is 1480. The van der Waals surface area contributed by atoms with Gasteiger partial charge in [-0.25, -0.2) is 23.6 Å². The maximum atomic E-state index is 13.9. The van der Waals surface area contributed by atoms with E-state index in [1.807, 2.05) is 0 Å². The highest BCUT2D eigenvalue weighted by Crippen LogP contribution is 2.48. The van der Waals surface area contributed by atoms with Crippen LogP contribution in [0.4, 0.5) is 18.0 Å². The van der Waals surface area contributed by atoms with E-state index in [1.165, 1.54) is 29.5 Å². The quantitative estimate of drug-likeness (QED) is 0.455. The van der Waals surface area contributed by atoms with Gasteiger partial charge >= 0.3 is 18.6 Å². The van der Waals surface area contributed by atoms with Crippen LogP contribution in [0.1, 0.15) is 35.3 Å². The average Bonchev–Trinajstić information content (AvgIpc) is 3.63. The standard InChI is InChI=1S/C23H18ClF3N6O4S/c1-37-22(36)30-23(20(34)35)9-15-16(14-4-6-33(31-14)21(26)27)17(12-3-2-11(25)8-13(12)24)29-18(32(15)10-23)19-28-5-7-38-19/h2-8,17,21H,9-10H2,1H3,(H,30,36)(H,34,35)/t17-,23+/m0/s1. The Kier molecular flexibility index (Phi) is 6.61. The molecule has 5 rings (SSSR count). The SMILES string of the molecule is COC(=O)N[C@]1(C(=O)O)CC2=C(c3ccn(C(F)F)n3)[C@H](c3ccc(F)cc3Cl)N=C(c3nccs3)N2C1. The molecule has 0 aliphatic carbocycles. The van der Waals surface area contributed by atoms with Gasteiger partial charge in [-0.15, -0.1) is 11.3 Å². The van der Waals surface area contributed by atoms with Gasteiger partial charge in [-0.3, -0.25) is 4.99 Å². The van der Waals surface area contributed by atoms with Crippen LogP contribution in [0.25, 0.3) is 5.57 Å². The van der Waals surface area contributed by atoms with Crippen LogP contribution in [-0.2, 0) is 9.53 Å². The molecule has 38 heavy (non-hydrogen) atoms. The molecule has 15 heteroatoms. The molecule has 2 N–H and O–H groups in total. The van der Waals surface area contributed by atoms with Crippen molar-refractivity contribution in [3.8, 4) is 0 Å². The highest BCUT2D eigenvalue weighted by molar-refractivity contribution is 7.11. The van der Waals surface area contributed by atoms with Gasteiger partial charge in [0.05, 0.1) is 19.3 Å². The number of benzene rings is 1. The number of alkyl halides is 2. The molecule has 3 aromatic rings. The van der Waals surface area contributed by atoms with Crippen LogP contribution in [0.15, 0.2) is 52.7 Å². The number of carboxylic acids is 1. The maximum absolute atomic E-state index is 13.9. The van der Waals surface area contributed by atoms with E-state index >= 15 is 0 Å². The van der Waals surface area contributed by atoms with E-state index in [2.05, 4.69) is 20.1 Å². The lowest BCUT2D eigenvalue weighted by Crippen LogP contribution is -2.56. The zero-order valence-corrected chi connectivity index (χ0v) is 21.0. The molecule has 1 aromatic carbocycles. The van der Waals surface area contributed by atoms with Crippen LogP contribution in [-0.4, -0.2) is 61.9 Å². The molecule has 0 unspecified atom stereocenters. The Morgan fingerprint density at radius 1 is 1.34 bits per heavy atom. The smallest absolute Gasteiger partial charge is 0.407 e. The van der Waals surface area contributed by atoms with Gasteiger partial charge in [0.25, 0.3) is 0 Å². The highest BCUT2D eigenvalue weighted by Gasteiger charge is 2.53. The highest BCUT2D eigenvalue weighted by atomic mass is 35.5. The molecule has 2 aliphatic heterocycles. The third kappa shape index (κ3) is 4.39. The number of carbonyl (C=O) groups excluding carboxylic acids is 1. The van der Waals surface area contributed by atoms with Crippen molar-refractivity contribution < 1.29 is 32.6 Å². The van der Waals surface area contributed by atoms with Gasteiger partial charge in [-0.1, -0.05) is 17.7 Å². The predicted molar refractivity (Wildman–Crippen MR) is 130 cm³/mol. The molecule has 0 radical (unpaired) electrons. The Morgan fingerprint density at radius 3 is 2.74 bits per heavy atom. The predicted octanol–water partition coefficient (Wildman–Crippen LogP) is 4.33. The number of aromatic nitrogens is 3. The van der Waals surface area contributed by atoms with Crippen LogP contribution in [0.3, 0.4) is 0 Å². The number of hydrogen-bond donors (Lipinski definition) is 2. The van der Waals surface area contributed by atoms with Gasteiger partial charge in [0, 0.05) is 46.1 Å². The van der Waals surface area contributed by atoms with Crippen molar-refractivity contribution in [3.05, 3.63) is 74.8 Å². The maximum Gasteiger partial charge on any atom is 0.407 e. The molecular formula is C23H18ClF3N6O4S. The molecule has 4 heterocycles. The summed E-state index contributed by atoms with van der Waals surface area (Å²) in [5, 5.41) is 18.8. The third-order valence-electron chi connectivity index (χ3n) is 6.22. The number of hydrogen-bond acceptors (Lipinski definition) is 8. The number of fused-ring (bicyclic) bond motifs is 1. The first-order valence-electron chi connectivity index (χ1n) is 11.0. The lowest BCUT2D eigenvalue weighted by molar-refractivity contribution is -0.143. The lowest BCUT2D eigenvalue weighted by atomic mass is 9.90. The van der Waals surface area contributed by atoms with E-state index in [0.717, 1.165) is 19.4 Å². The number of rotatable bonds is 6. The van der Waals surface area contributed by atoms with E-state index in [4.69, 9.17) is 16.6 Å². The van der Waals surface area contributed by atoms with Crippen molar-refractivity contribution >= 4 is 46.4 Å². The monoisotopic (exact) mass is 566 g/mol. The zero-order valence-electron chi connectivity index (χ0n) is 19.4. The van der Waals surface area contributed by atoms with E-state index in [1.54, 1.807) is 16.5 Å². The number of nitrogens with one attached hydrogen (secondary N) is 1. The van der Waals surface area contributed by atoms with E-state index < -0.39 is 36.0 Å². The number of nitrogens with zero attached hydrogens (tertiary/aromatic N) is 5. The fraction of sp³-hybridized carbons (Fsp3) is 0.261. The zero-order chi connectivity index (χ0) is 27.2. The molecule has 2 aromatic heterocycles. The Balaban J connectivity index is 1.77. The minimum absolute atomic E-state index is 0.0206. The summed E-state index contributed by atoms with van der Waals surface area (Å²) < 4.78 is 45.9. The molecule has 198 valence electrons. The number of carbonyl (C=O) groups is 2. The van der Waals surface area contributed by atoms with Crippen molar-refractivity contribution in [3.63, 3.8) is 0 Å². The van der Waals surface area contributed by atoms with Crippen molar-refractivity contribution in [2.45, 2.75) is 24.6 Å². The van der Waals surface area contributed by atoms with Crippen LogP contribution in [0.5, 0.6) is 0 Å². The van der Waals surface area contributed by atoms with Gasteiger partial charge in [0.1, 0.15) is 11.9 Å². The first-order chi connectivity index (χ1) is 18.1. The summed E-state index contributed by atoms with van der Waals surface area (Å²) in [6.45, 7) is -3.20. The summed E-state index contributed by atoms with van der Waals surface area (Å²) in [6, 6.07) is 4.04. The second kappa shape index (κ2) is 9.76. The fourth-order valence-electron chi connectivity index (χ4n) is 4.52. The molecule has 2 atom stereocenters. The second-order valence-electron chi connectivity index (χ2n) is 8.44. The summed E-state index contributed by atoms with van der Waals surface area (Å²) in [5.74, 6) is -1.67. The van der Waals surface area contributed by atoms with E-state index in [9.17, 15) is 27.9 Å². The van der Waals surface area contributed by atoms with Crippen LogP contribution >= 0.6 is 22.9 Å². The summed E-state index contributed by atoms with van der Waals surface area (Å²) in [6.07, 6.45) is 1.38. The Labute approximate surface area is 222 Å². The molecule has 2 aliphatic rings. The number of methoxy groups -OCH3 is 1. The van der Waals surface area contributed by atoms with Gasteiger partial charge < -0.3 is 20.1 Å². The van der Waals surface area contributed by atoms with Gasteiger partial charge in [-0.05, 0) is 18.2 Å².